The van der Waals surface area contributed by atoms with Crippen molar-refractivity contribution in [2.24, 2.45) is 5.90 Å². The van der Waals surface area contributed by atoms with Crippen LogP contribution in [0.3, 0.4) is 0 Å². The van der Waals surface area contributed by atoms with Crippen LogP contribution < -0.4 is 10.1 Å². The first-order valence-corrected chi connectivity index (χ1v) is 4.87. The van der Waals surface area contributed by atoms with Crippen LogP contribution in [0.4, 0.5) is 3.89 Å². The maximum Gasteiger partial charge on any atom is 0.488 e. The molecule has 86 valence electrons. The van der Waals surface area contributed by atoms with Crippen molar-refractivity contribution in [1.29, 1.82) is 0 Å². The fraction of sp³-hybridized carbons (Fsp3) is 0.143. The van der Waals surface area contributed by atoms with Crippen LogP contribution in [0.15, 0.2) is 24.3 Å². The third-order valence-corrected chi connectivity index (χ3v) is 1.76. The van der Waals surface area contributed by atoms with Crippen molar-refractivity contribution in [2.45, 2.75) is 6.61 Å². The lowest BCUT2D eigenvalue weighted by Crippen LogP contribution is -2.02. The van der Waals surface area contributed by atoms with Gasteiger partial charge in [0.2, 0.25) is 0 Å². The van der Waals surface area contributed by atoms with E-state index in [4.69, 9.17) is 5.90 Å². The van der Waals surface area contributed by atoms with Crippen LogP contribution in [-0.2, 0) is 21.9 Å². The van der Waals surface area contributed by atoms with E-state index in [9.17, 15) is 12.3 Å². The molecule has 1 rings (SSSR count). The standard InChI is InChI=1S/C7H8FNO4S.ClH/c8-14(10,11)13-7-3-1-6(2-4-7)5-12-9;/h1-4H,5,9H2;1H. The predicted molar refractivity (Wildman–Crippen MR) is 53.3 cm³/mol. The SMILES string of the molecule is Cl.NOCc1ccc(OS(=O)(=O)F)cc1. The molecule has 0 aliphatic heterocycles. The summed E-state index contributed by atoms with van der Waals surface area (Å²) in [5.41, 5.74) is 0.719. The number of hydrogen-bond donors (Lipinski definition) is 1. The van der Waals surface area contributed by atoms with Crippen molar-refractivity contribution in [2.75, 3.05) is 0 Å². The van der Waals surface area contributed by atoms with Crippen LogP contribution in [0, 0.1) is 0 Å². The lowest BCUT2D eigenvalue weighted by molar-refractivity contribution is 0.124. The van der Waals surface area contributed by atoms with Gasteiger partial charge in [0.05, 0.1) is 6.61 Å². The van der Waals surface area contributed by atoms with E-state index < -0.39 is 10.5 Å². The molecule has 0 bridgehead atoms. The third-order valence-electron chi connectivity index (χ3n) is 1.37. The van der Waals surface area contributed by atoms with E-state index in [1.54, 1.807) is 0 Å². The molecule has 1 aromatic rings. The molecule has 0 heterocycles. The highest BCUT2D eigenvalue weighted by atomic mass is 35.5. The summed E-state index contributed by atoms with van der Waals surface area (Å²) in [5.74, 6) is 4.71. The molecule has 5 nitrogen and oxygen atoms in total. The Morgan fingerprint density at radius 3 is 2.20 bits per heavy atom. The van der Waals surface area contributed by atoms with Crippen molar-refractivity contribution < 1.29 is 21.3 Å². The Bertz CT molecular complexity index is 394. The van der Waals surface area contributed by atoms with Crippen molar-refractivity contribution >= 4 is 22.9 Å². The second kappa shape index (κ2) is 5.86. The summed E-state index contributed by atoms with van der Waals surface area (Å²) in [6.07, 6.45) is 0. The van der Waals surface area contributed by atoms with E-state index in [0.717, 1.165) is 5.56 Å². The van der Waals surface area contributed by atoms with Crippen LogP contribution in [-0.4, -0.2) is 8.42 Å². The first-order valence-electron chi connectivity index (χ1n) is 3.56. The lowest BCUT2D eigenvalue weighted by atomic mass is 10.2. The Labute approximate surface area is 92.8 Å². The molecule has 0 unspecified atom stereocenters. The van der Waals surface area contributed by atoms with Gasteiger partial charge in [-0.3, -0.25) is 4.84 Å². The number of nitrogens with two attached hydrogens (primary N) is 1. The zero-order valence-corrected chi connectivity index (χ0v) is 9.05. The van der Waals surface area contributed by atoms with E-state index in [2.05, 4.69) is 9.02 Å². The molecule has 0 radical (unpaired) electrons. The smallest absolute Gasteiger partial charge is 0.358 e. The summed E-state index contributed by atoms with van der Waals surface area (Å²) in [5, 5.41) is 0. The van der Waals surface area contributed by atoms with E-state index in [-0.39, 0.29) is 24.8 Å². The number of hydrogen-bond acceptors (Lipinski definition) is 5. The minimum absolute atomic E-state index is 0. The molecule has 0 aliphatic carbocycles. The van der Waals surface area contributed by atoms with E-state index in [1.165, 1.54) is 24.3 Å². The summed E-state index contributed by atoms with van der Waals surface area (Å²) in [6, 6.07) is 5.61. The number of benzene rings is 1. The van der Waals surface area contributed by atoms with Crippen molar-refractivity contribution in [1.82, 2.24) is 0 Å². The van der Waals surface area contributed by atoms with Gasteiger partial charge in [-0.15, -0.1) is 12.4 Å². The van der Waals surface area contributed by atoms with Crippen LogP contribution in [0.25, 0.3) is 0 Å². The third kappa shape index (κ3) is 5.53. The highest BCUT2D eigenvalue weighted by Gasteiger charge is 2.08. The van der Waals surface area contributed by atoms with Crippen molar-refractivity contribution in [3.8, 4) is 5.75 Å². The van der Waals surface area contributed by atoms with Gasteiger partial charge < -0.3 is 4.18 Å². The molecule has 8 heteroatoms. The summed E-state index contributed by atoms with van der Waals surface area (Å²) in [6.45, 7) is 0.183. The average Bonchev–Trinajstić information content (AvgIpc) is 2.06. The van der Waals surface area contributed by atoms with Gasteiger partial charge >= 0.3 is 10.5 Å². The number of halogens is 2. The van der Waals surface area contributed by atoms with Gasteiger partial charge in [0.25, 0.3) is 0 Å². The van der Waals surface area contributed by atoms with Crippen LogP contribution in [0.5, 0.6) is 5.75 Å². The molecule has 0 saturated carbocycles. The van der Waals surface area contributed by atoms with E-state index >= 15 is 0 Å². The minimum Gasteiger partial charge on any atom is -0.358 e. The summed E-state index contributed by atoms with van der Waals surface area (Å²) in [7, 11) is -4.96. The Hall–Kier alpha value is -0.890. The molecule has 0 aromatic heterocycles. The van der Waals surface area contributed by atoms with Crippen LogP contribution >= 0.6 is 12.4 Å². The molecule has 0 saturated heterocycles. The van der Waals surface area contributed by atoms with Gasteiger partial charge in [0.15, 0.2) is 0 Å². The molecule has 0 spiro atoms. The van der Waals surface area contributed by atoms with Gasteiger partial charge in [0.1, 0.15) is 5.75 Å². The zero-order valence-electron chi connectivity index (χ0n) is 7.42. The second-order valence-electron chi connectivity index (χ2n) is 2.43. The van der Waals surface area contributed by atoms with Gasteiger partial charge in [-0.2, -0.15) is 8.42 Å². The summed E-state index contributed by atoms with van der Waals surface area (Å²) < 4.78 is 36.2. The molecule has 1 aromatic carbocycles. The monoisotopic (exact) mass is 257 g/mol. The highest BCUT2D eigenvalue weighted by Crippen LogP contribution is 2.15. The second-order valence-corrected chi connectivity index (χ2v) is 3.38. The van der Waals surface area contributed by atoms with Gasteiger partial charge in [-0.05, 0) is 17.7 Å². The molecule has 0 fully saturated rings. The molecule has 15 heavy (non-hydrogen) atoms. The fourth-order valence-electron chi connectivity index (χ4n) is 0.852. The molecule has 0 amide bonds. The Balaban J connectivity index is 0.00000196. The van der Waals surface area contributed by atoms with Crippen molar-refractivity contribution in [3.05, 3.63) is 29.8 Å². The Kier molecular flexibility index (Phi) is 5.51. The zero-order chi connectivity index (χ0) is 10.6. The lowest BCUT2D eigenvalue weighted by Gasteiger charge is -2.01. The fourth-order valence-corrected chi connectivity index (χ4v) is 1.19. The first-order chi connectivity index (χ1) is 6.51. The molecule has 0 aliphatic rings. The maximum atomic E-state index is 12.0. The predicted octanol–water partition coefficient (Wildman–Crippen LogP) is 1.09. The molecular weight excluding hydrogens is 249 g/mol. The summed E-state index contributed by atoms with van der Waals surface area (Å²) >= 11 is 0. The molecule has 0 atom stereocenters. The van der Waals surface area contributed by atoms with Crippen LogP contribution in [0.1, 0.15) is 5.56 Å². The first kappa shape index (κ1) is 14.1. The van der Waals surface area contributed by atoms with E-state index in [1.807, 2.05) is 0 Å². The average molecular weight is 258 g/mol. The Morgan fingerprint density at radius 2 is 1.80 bits per heavy atom. The quantitative estimate of drug-likeness (QED) is 0.645. The normalized spacial score (nSPS) is 10.5. The Morgan fingerprint density at radius 1 is 1.27 bits per heavy atom. The maximum absolute atomic E-state index is 12.0. The topological polar surface area (TPSA) is 78.6 Å². The molecule has 2 N–H and O–H groups in total. The van der Waals surface area contributed by atoms with E-state index in [0.29, 0.717) is 0 Å². The van der Waals surface area contributed by atoms with Gasteiger partial charge in [-0.1, -0.05) is 16.0 Å². The van der Waals surface area contributed by atoms with Crippen LogP contribution in [0.2, 0.25) is 0 Å². The van der Waals surface area contributed by atoms with Gasteiger partial charge in [-0.25, -0.2) is 5.90 Å². The molecular formula is C7H9ClFNO4S. The minimum atomic E-state index is -4.96. The largest absolute Gasteiger partial charge is 0.488 e. The number of rotatable bonds is 4. The van der Waals surface area contributed by atoms with Gasteiger partial charge in [0, 0.05) is 0 Å². The summed E-state index contributed by atoms with van der Waals surface area (Å²) in [4.78, 5) is 4.34. The highest BCUT2D eigenvalue weighted by molar-refractivity contribution is 7.81. The van der Waals surface area contributed by atoms with Crippen molar-refractivity contribution in [3.63, 3.8) is 0 Å².